The van der Waals surface area contributed by atoms with Crippen LogP contribution in [0.1, 0.15) is 181 Å². The Morgan fingerprint density at radius 1 is 0.453 bits per heavy atom. The van der Waals surface area contributed by atoms with Gasteiger partial charge in [0.15, 0.2) is 12.6 Å². The van der Waals surface area contributed by atoms with Gasteiger partial charge < -0.3 is 64.2 Å². The zero-order valence-electron chi connectivity index (χ0n) is 46.0. The van der Waals surface area contributed by atoms with Crippen LogP contribution in [0.2, 0.25) is 0 Å². The van der Waals surface area contributed by atoms with Crippen LogP contribution in [0.5, 0.6) is 0 Å². The number of allylic oxidation sites excluding steroid dienone is 16. The number of carbonyl (C=O) groups is 1. The number of unbranched alkanes of at least 4 members (excludes halogenated alkanes) is 15. The summed E-state index contributed by atoms with van der Waals surface area (Å²) in [4.78, 5) is 13.0. The van der Waals surface area contributed by atoms with E-state index in [1.54, 1.807) is 0 Å². The number of hydrogen-bond acceptors (Lipinski definition) is 14. The van der Waals surface area contributed by atoms with Crippen molar-refractivity contribution in [2.45, 2.75) is 248 Å². The predicted molar refractivity (Wildman–Crippen MR) is 298 cm³/mol. The molecule has 2 heterocycles. The van der Waals surface area contributed by atoms with Crippen LogP contribution in [-0.4, -0.2) is 142 Å². The number of carbonyl (C=O) groups excluding carboxylic acids is 1. The van der Waals surface area contributed by atoms with Crippen LogP contribution in [0.3, 0.4) is 0 Å². The molecule has 2 saturated heterocycles. The van der Waals surface area contributed by atoms with Gasteiger partial charge >= 0.3 is 5.97 Å². The average Bonchev–Trinajstić information content (AvgIpc) is 3.41. The fourth-order valence-corrected chi connectivity index (χ4v) is 8.44. The highest BCUT2D eigenvalue weighted by atomic mass is 16.7. The second-order valence-electron chi connectivity index (χ2n) is 19.7. The highest BCUT2D eigenvalue weighted by Crippen LogP contribution is 2.26. The van der Waals surface area contributed by atoms with Gasteiger partial charge in [0.1, 0.15) is 54.9 Å². The fraction of sp³-hybridized carbons (Fsp3) is 0.721. The molecule has 0 bridgehead atoms. The largest absolute Gasteiger partial charge is 0.457 e. The molecule has 0 spiro atoms. The summed E-state index contributed by atoms with van der Waals surface area (Å²) in [6.45, 7) is 3.46. The first-order valence-electron chi connectivity index (χ1n) is 28.8. The summed E-state index contributed by atoms with van der Waals surface area (Å²) in [6, 6.07) is 0. The summed E-state index contributed by atoms with van der Waals surface area (Å²) in [5.74, 6) is -0.437. The van der Waals surface area contributed by atoms with Crippen LogP contribution in [0.4, 0.5) is 0 Å². The molecule has 0 saturated carbocycles. The van der Waals surface area contributed by atoms with E-state index >= 15 is 0 Å². The Labute approximate surface area is 452 Å². The number of rotatable bonds is 45. The minimum Gasteiger partial charge on any atom is -0.457 e. The normalized spacial score (nSPS) is 25.3. The van der Waals surface area contributed by atoms with Gasteiger partial charge in [0, 0.05) is 13.0 Å². The number of aliphatic hydroxyl groups excluding tert-OH is 7. The summed E-state index contributed by atoms with van der Waals surface area (Å²) in [7, 11) is 0. The van der Waals surface area contributed by atoms with E-state index < -0.39 is 86.7 Å². The molecular formula is C61H102O14. The van der Waals surface area contributed by atoms with E-state index in [0.29, 0.717) is 19.4 Å². The summed E-state index contributed by atoms with van der Waals surface area (Å²) in [5, 5.41) is 72.3. The highest BCUT2D eigenvalue weighted by molar-refractivity contribution is 5.69. The summed E-state index contributed by atoms with van der Waals surface area (Å²) in [6.07, 6.45) is 46.2. The van der Waals surface area contributed by atoms with Crippen LogP contribution in [0.15, 0.2) is 97.2 Å². The molecule has 11 unspecified atom stereocenters. The van der Waals surface area contributed by atoms with Gasteiger partial charge in [0.25, 0.3) is 0 Å². The molecule has 0 aromatic heterocycles. The molecule has 0 aromatic rings. The van der Waals surface area contributed by atoms with Gasteiger partial charge in [-0.25, -0.2) is 0 Å². The van der Waals surface area contributed by atoms with Gasteiger partial charge in [-0.1, -0.05) is 182 Å². The van der Waals surface area contributed by atoms with Crippen molar-refractivity contribution in [3.63, 3.8) is 0 Å². The lowest BCUT2D eigenvalue weighted by Crippen LogP contribution is -2.61. The van der Waals surface area contributed by atoms with E-state index in [-0.39, 0.29) is 19.6 Å². The monoisotopic (exact) mass is 1060 g/mol. The zero-order valence-corrected chi connectivity index (χ0v) is 46.0. The lowest BCUT2D eigenvalue weighted by Gasteiger charge is -2.42. The van der Waals surface area contributed by atoms with Gasteiger partial charge in [0.2, 0.25) is 0 Å². The second kappa shape index (κ2) is 47.0. The summed E-state index contributed by atoms with van der Waals surface area (Å²) in [5.41, 5.74) is 0. The van der Waals surface area contributed by atoms with Crippen LogP contribution in [-0.2, 0) is 33.2 Å². The van der Waals surface area contributed by atoms with Crippen molar-refractivity contribution in [2.75, 3.05) is 33.0 Å². The van der Waals surface area contributed by atoms with Crippen molar-refractivity contribution in [3.05, 3.63) is 97.2 Å². The number of ether oxygens (including phenoxy) is 6. The fourth-order valence-electron chi connectivity index (χ4n) is 8.44. The maximum atomic E-state index is 13.0. The third kappa shape index (κ3) is 33.7. The second-order valence-corrected chi connectivity index (χ2v) is 19.7. The van der Waals surface area contributed by atoms with Gasteiger partial charge in [0.05, 0.1) is 26.4 Å². The lowest BCUT2D eigenvalue weighted by atomic mass is 9.98. The molecule has 2 aliphatic heterocycles. The molecule has 2 fully saturated rings. The van der Waals surface area contributed by atoms with Gasteiger partial charge in [-0.05, 0) is 89.9 Å². The molecule has 0 aromatic carbocycles. The molecule has 14 nitrogen and oxygen atoms in total. The standard InChI is InChI=1S/C61H102O14/c1-3-5-7-9-11-13-15-17-19-21-22-23-24-25-26-27-29-31-33-35-37-39-41-43-45-70-47-50(73-53(63)44-42-40-38-36-34-32-30-28-20-18-16-14-12-10-8-6-4-2)48-71-60-59(69)57(67)55(65)52(75-60)49-72-61-58(68)56(66)54(64)51(46-62)74-61/h6,8,12,14-15,17-18,20-22,24-25,30,32,36,38,50-52,54-62,64-69H,3-5,7,9-11,13,16,19,23,26-29,31,33-35,37,39-49H2,1-2H3/b8-6-,14-12-,17-15-,20-18-,22-21-,25-24-,32-30-,38-36-. The van der Waals surface area contributed by atoms with Crippen LogP contribution < -0.4 is 0 Å². The predicted octanol–water partition coefficient (Wildman–Crippen LogP) is 10.2. The zero-order chi connectivity index (χ0) is 54.4. The number of aliphatic hydroxyl groups is 7. The van der Waals surface area contributed by atoms with Gasteiger partial charge in [-0.3, -0.25) is 4.79 Å². The molecule has 7 N–H and O–H groups in total. The van der Waals surface area contributed by atoms with E-state index in [0.717, 1.165) is 70.6 Å². The number of hydrogen-bond donors (Lipinski definition) is 7. The summed E-state index contributed by atoms with van der Waals surface area (Å²) >= 11 is 0. The Bertz CT molecular complexity index is 1610. The molecule has 2 aliphatic rings. The molecule has 75 heavy (non-hydrogen) atoms. The molecule has 2 rings (SSSR count). The molecule has 14 heteroatoms. The van der Waals surface area contributed by atoms with Crippen LogP contribution >= 0.6 is 0 Å². The maximum absolute atomic E-state index is 13.0. The Kier molecular flexibility index (Phi) is 42.6. The Balaban J connectivity index is 1.74. The average molecular weight is 1060 g/mol. The minimum atomic E-state index is -1.72. The first-order chi connectivity index (χ1) is 36.6. The lowest BCUT2D eigenvalue weighted by molar-refractivity contribution is -0.332. The molecular weight excluding hydrogens is 957 g/mol. The van der Waals surface area contributed by atoms with Crippen molar-refractivity contribution in [2.24, 2.45) is 0 Å². The highest BCUT2D eigenvalue weighted by Gasteiger charge is 2.47. The summed E-state index contributed by atoms with van der Waals surface area (Å²) < 4.78 is 34.3. The van der Waals surface area contributed by atoms with E-state index in [2.05, 4.69) is 105 Å². The van der Waals surface area contributed by atoms with Crippen molar-refractivity contribution in [1.29, 1.82) is 0 Å². The first kappa shape index (κ1) is 68.0. The van der Waals surface area contributed by atoms with Crippen molar-refractivity contribution >= 4 is 5.97 Å². The van der Waals surface area contributed by atoms with E-state index in [1.165, 1.54) is 77.0 Å². The van der Waals surface area contributed by atoms with Crippen LogP contribution in [0, 0.1) is 0 Å². The Hall–Kier alpha value is -3.09. The third-order valence-electron chi connectivity index (χ3n) is 13.1. The maximum Gasteiger partial charge on any atom is 0.306 e. The molecule has 11 atom stereocenters. The van der Waals surface area contributed by atoms with Crippen molar-refractivity contribution in [1.82, 2.24) is 0 Å². The van der Waals surface area contributed by atoms with E-state index in [1.807, 2.05) is 6.08 Å². The van der Waals surface area contributed by atoms with Crippen molar-refractivity contribution < 1.29 is 69.0 Å². The van der Waals surface area contributed by atoms with E-state index in [9.17, 15) is 40.5 Å². The third-order valence-corrected chi connectivity index (χ3v) is 13.1. The Morgan fingerprint density at radius 3 is 1.36 bits per heavy atom. The molecule has 0 aliphatic carbocycles. The minimum absolute atomic E-state index is 0.0288. The van der Waals surface area contributed by atoms with Crippen molar-refractivity contribution in [3.8, 4) is 0 Å². The number of esters is 1. The Morgan fingerprint density at radius 2 is 0.867 bits per heavy atom. The van der Waals surface area contributed by atoms with Crippen LogP contribution in [0.25, 0.3) is 0 Å². The molecule has 0 radical (unpaired) electrons. The van der Waals surface area contributed by atoms with Gasteiger partial charge in [-0.15, -0.1) is 0 Å². The van der Waals surface area contributed by atoms with Gasteiger partial charge in [-0.2, -0.15) is 0 Å². The molecule has 430 valence electrons. The topological polar surface area (TPSA) is 214 Å². The SMILES string of the molecule is CC/C=C\C/C=C\C/C=C\C/C=C\C/C=C\CCCC(=O)OC(COCCCCCCCCCCC/C=C\C/C=C\C/C=C\CCCCCCC)COC1OC(COC2OC(CO)C(O)C(O)C2O)C(O)C(O)C1O. The molecule has 0 amide bonds. The smallest absolute Gasteiger partial charge is 0.306 e. The van der Waals surface area contributed by atoms with E-state index in [4.69, 9.17) is 28.4 Å². The quantitative estimate of drug-likeness (QED) is 0.0172. The first-order valence-corrected chi connectivity index (χ1v) is 28.8.